The Labute approximate surface area is 292 Å². The monoisotopic (exact) mass is 659 g/mol. The molecule has 0 saturated carbocycles. The number of aliphatic hydroxyl groups excluding tert-OH is 1. The molecule has 47 heavy (non-hydrogen) atoms. The fourth-order valence-corrected chi connectivity index (χ4v) is 5.57. The highest BCUT2D eigenvalue weighted by Gasteiger charge is 2.13. The summed E-state index contributed by atoms with van der Waals surface area (Å²) in [6, 6.07) is 0. The first-order valence-electron chi connectivity index (χ1n) is 20.2. The van der Waals surface area contributed by atoms with E-state index >= 15 is 0 Å². The lowest BCUT2D eigenvalue weighted by atomic mass is 10.1. The molecule has 0 saturated heterocycles. The van der Waals surface area contributed by atoms with Crippen LogP contribution in [0.5, 0.6) is 0 Å². The summed E-state index contributed by atoms with van der Waals surface area (Å²) in [6.45, 7) is 5.25. The Morgan fingerprint density at radius 2 is 0.936 bits per heavy atom. The lowest BCUT2D eigenvalue weighted by Crippen LogP contribution is -2.27. The van der Waals surface area contributed by atoms with Crippen LogP contribution in [0.1, 0.15) is 194 Å². The highest BCUT2D eigenvalue weighted by Crippen LogP contribution is 2.13. The van der Waals surface area contributed by atoms with E-state index in [1.54, 1.807) is 0 Å². The minimum absolute atomic E-state index is 0.179. The van der Waals surface area contributed by atoms with Gasteiger partial charge in [-0.2, -0.15) is 0 Å². The standard InChI is InChI=1S/C43H78O4/c1-3-5-7-9-11-13-15-17-18-19-20-21-22-23-24-25-27-29-31-33-35-37-39-46-41-42(40-44)47-43(45)38-36-34-32-30-28-26-16-14-12-10-8-6-4-2/h8,10,14-17,19-20,42,44H,3-7,9,11-13,18,21-41H2,1-2H3/b10-8-,16-14-,17-15-,20-19-. The first-order valence-corrected chi connectivity index (χ1v) is 20.2. The molecule has 4 nitrogen and oxygen atoms in total. The van der Waals surface area contributed by atoms with E-state index in [4.69, 9.17) is 9.47 Å². The molecule has 4 heteroatoms. The molecule has 0 heterocycles. The summed E-state index contributed by atoms with van der Waals surface area (Å²) >= 11 is 0. The van der Waals surface area contributed by atoms with Crippen molar-refractivity contribution in [2.45, 2.75) is 200 Å². The second kappa shape index (κ2) is 40.5. The second-order valence-corrected chi connectivity index (χ2v) is 13.3. The maximum Gasteiger partial charge on any atom is 0.306 e. The van der Waals surface area contributed by atoms with Gasteiger partial charge in [-0.25, -0.2) is 0 Å². The minimum atomic E-state index is -0.543. The van der Waals surface area contributed by atoms with Crippen molar-refractivity contribution in [3.8, 4) is 0 Å². The molecule has 0 aliphatic heterocycles. The van der Waals surface area contributed by atoms with Crippen molar-refractivity contribution in [1.82, 2.24) is 0 Å². The molecule has 1 unspecified atom stereocenters. The summed E-state index contributed by atoms with van der Waals surface area (Å²) in [5.41, 5.74) is 0. The largest absolute Gasteiger partial charge is 0.457 e. The quantitative estimate of drug-likeness (QED) is 0.0410. The molecule has 0 aromatic rings. The number of esters is 1. The van der Waals surface area contributed by atoms with Crippen molar-refractivity contribution in [3.63, 3.8) is 0 Å². The predicted molar refractivity (Wildman–Crippen MR) is 205 cm³/mol. The Hall–Kier alpha value is -1.65. The molecule has 0 aliphatic rings. The van der Waals surface area contributed by atoms with Gasteiger partial charge in [0.2, 0.25) is 0 Å². The van der Waals surface area contributed by atoms with Gasteiger partial charge in [-0.05, 0) is 70.6 Å². The van der Waals surface area contributed by atoms with Gasteiger partial charge in [0.15, 0.2) is 0 Å². The van der Waals surface area contributed by atoms with E-state index in [0.29, 0.717) is 13.0 Å². The van der Waals surface area contributed by atoms with Crippen LogP contribution in [0.15, 0.2) is 48.6 Å². The normalized spacial score (nSPS) is 12.8. The summed E-state index contributed by atoms with van der Waals surface area (Å²) < 4.78 is 11.1. The fourth-order valence-electron chi connectivity index (χ4n) is 5.57. The number of carbonyl (C=O) groups excluding carboxylic acids is 1. The number of aliphatic hydroxyl groups is 1. The first-order chi connectivity index (χ1) is 23.2. The average molecular weight is 659 g/mol. The molecule has 0 radical (unpaired) electrons. The molecule has 0 amide bonds. The average Bonchev–Trinajstić information content (AvgIpc) is 3.08. The van der Waals surface area contributed by atoms with Gasteiger partial charge in [-0.3, -0.25) is 4.79 Å². The molecule has 0 bridgehead atoms. The highest BCUT2D eigenvalue weighted by molar-refractivity contribution is 5.69. The first kappa shape index (κ1) is 45.3. The van der Waals surface area contributed by atoms with Gasteiger partial charge in [-0.1, -0.05) is 165 Å². The van der Waals surface area contributed by atoms with Crippen LogP contribution in [0, 0.1) is 0 Å². The molecule has 0 aromatic carbocycles. The zero-order valence-corrected chi connectivity index (χ0v) is 31.3. The molecular weight excluding hydrogens is 580 g/mol. The Bertz CT molecular complexity index is 738. The SMILES string of the molecule is CCC/C=C\C/C=C\CCCCCCCC(=O)OC(CO)COCCCCCCCCCCCC/C=C\C/C=C\CCCCCCC. The number of rotatable bonds is 37. The summed E-state index contributed by atoms with van der Waals surface area (Å²) in [6.07, 6.45) is 51.6. The van der Waals surface area contributed by atoms with Gasteiger partial charge in [-0.15, -0.1) is 0 Å². The van der Waals surface area contributed by atoms with Crippen LogP contribution in [0.4, 0.5) is 0 Å². The van der Waals surface area contributed by atoms with Gasteiger partial charge >= 0.3 is 5.97 Å². The predicted octanol–water partition coefficient (Wildman–Crippen LogP) is 13.1. The number of allylic oxidation sites excluding steroid dienone is 8. The van der Waals surface area contributed by atoms with E-state index in [0.717, 1.165) is 44.9 Å². The molecule has 1 N–H and O–H groups in total. The van der Waals surface area contributed by atoms with E-state index in [-0.39, 0.29) is 19.2 Å². The molecule has 0 fully saturated rings. The third kappa shape index (κ3) is 38.7. The van der Waals surface area contributed by atoms with Crippen LogP contribution in [-0.4, -0.2) is 37.0 Å². The zero-order valence-electron chi connectivity index (χ0n) is 31.3. The van der Waals surface area contributed by atoms with Gasteiger partial charge in [0.05, 0.1) is 13.2 Å². The number of hydrogen-bond donors (Lipinski definition) is 1. The van der Waals surface area contributed by atoms with Crippen molar-refractivity contribution in [1.29, 1.82) is 0 Å². The summed E-state index contributed by atoms with van der Waals surface area (Å²) in [4.78, 5) is 12.1. The number of ether oxygens (including phenoxy) is 2. The maximum absolute atomic E-state index is 12.1. The van der Waals surface area contributed by atoms with Crippen LogP contribution in [0.3, 0.4) is 0 Å². The van der Waals surface area contributed by atoms with Crippen molar-refractivity contribution >= 4 is 5.97 Å². The van der Waals surface area contributed by atoms with Crippen LogP contribution < -0.4 is 0 Å². The van der Waals surface area contributed by atoms with E-state index in [1.807, 2.05) is 0 Å². The molecule has 0 spiro atoms. The van der Waals surface area contributed by atoms with Gasteiger partial charge < -0.3 is 14.6 Å². The molecule has 0 aromatic heterocycles. The van der Waals surface area contributed by atoms with Crippen molar-refractivity contribution in [2.75, 3.05) is 19.8 Å². The van der Waals surface area contributed by atoms with Crippen molar-refractivity contribution in [3.05, 3.63) is 48.6 Å². The Balaban J connectivity index is 3.44. The van der Waals surface area contributed by atoms with Crippen molar-refractivity contribution < 1.29 is 19.4 Å². The van der Waals surface area contributed by atoms with Crippen LogP contribution >= 0.6 is 0 Å². The van der Waals surface area contributed by atoms with Crippen LogP contribution in [-0.2, 0) is 14.3 Å². The Morgan fingerprint density at radius 3 is 1.40 bits per heavy atom. The molecule has 1 atom stereocenters. The summed E-state index contributed by atoms with van der Waals surface area (Å²) in [7, 11) is 0. The summed E-state index contributed by atoms with van der Waals surface area (Å²) in [5.74, 6) is -0.217. The smallest absolute Gasteiger partial charge is 0.306 e. The van der Waals surface area contributed by atoms with Crippen molar-refractivity contribution in [2.24, 2.45) is 0 Å². The third-order valence-corrected chi connectivity index (χ3v) is 8.61. The maximum atomic E-state index is 12.1. The Morgan fingerprint density at radius 1 is 0.511 bits per heavy atom. The third-order valence-electron chi connectivity index (χ3n) is 8.61. The van der Waals surface area contributed by atoms with Gasteiger partial charge in [0.1, 0.15) is 6.10 Å². The van der Waals surface area contributed by atoms with Gasteiger partial charge in [0.25, 0.3) is 0 Å². The van der Waals surface area contributed by atoms with Gasteiger partial charge in [0, 0.05) is 13.0 Å². The Kier molecular flexibility index (Phi) is 39.1. The van der Waals surface area contributed by atoms with Crippen LogP contribution in [0.25, 0.3) is 0 Å². The zero-order chi connectivity index (χ0) is 34.1. The lowest BCUT2D eigenvalue weighted by molar-refractivity contribution is -0.154. The van der Waals surface area contributed by atoms with E-state index in [1.165, 1.54) is 128 Å². The lowest BCUT2D eigenvalue weighted by Gasteiger charge is -2.15. The second-order valence-electron chi connectivity index (χ2n) is 13.3. The highest BCUT2D eigenvalue weighted by atomic mass is 16.6. The van der Waals surface area contributed by atoms with E-state index in [9.17, 15) is 9.90 Å². The summed E-state index contributed by atoms with van der Waals surface area (Å²) in [5, 5.41) is 9.57. The topological polar surface area (TPSA) is 55.8 Å². The molecule has 0 rings (SSSR count). The van der Waals surface area contributed by atoms with E-state index < -0.39 is 6.10 Å². The van der Waals surface area contributed by atoms with Crippen LogP contribution in [0.2, 0.25) is 0 Å². The molecule has 274 valence electrons. The molecule has 0 aliphatic carbocycles. The van der Waals surface area contributed by atoms with E-state index in [2.05, 4.69) is 62.5 Å². The number of hydrogen-bond acceptors (Lipinski definition) is 4. The minimum Gasteiger partial charge on any atom is -0.457 e. The molecular formula is C43H78O4. The fraction of sp³-hybridized carbons (Fsp3) is 0.791. The number of carbonyl (C=O) groups is 1. The number of unbranched alkanes of at least 4 members (excludes halogenated alkanes) is 21.